The molecule has 0 aliphatic heterocycles. The van der Waals surface area contributed by atoms with Crippen LogP contribution < -0.4 is 0 Å². The lowest BCUT2D eigenvalue weighted by Gasteiger charge is -1.98. The molecule has 0 atom stereocenters. The average molecular weight is 205 g/mol. The Hall–Kier alpha value is -1.66. The van der Waals surface area contributed by atoms with E-state index >= 15 is 0 Å². The number of alkyl halides is 3. The summed E-state index contributed by atoms with van der Waals surface area (Å²) in [5.41, 5.74) is -0.226. The lowest BCUT2D eigenvalue weighted by Crippen LogP contribution is -2.06. The lowest BCUT2D eigenvalue weighted by molar-refractivity contribution is -0.144. The standard InChI is InChI=1S/C7H3F4N3/c8-3-1-4-5(12-2-3)14-6(13-4)7(9,10)11/h1-2H,(H,12,13,14). The van der Waals surface area contributed by atoms with Gasteiger partial charge in [-0.1, -0.05) is 0 Å². The zero-order chi connectivity index (χ0) is 10.3. The first-order chi connectivity index (χ1) is 6.47. The van der Waals surface area contributed by atoms with Gasteiger partial charge in [0.1, 0.15) is 5.82 Å². The molecular formula is C7H3F4N3. The predicted octanol–water partition coefficient (Wildman–Crippen LogP) is 2.12. The number of pyridine rings is 1. The van der Waals surface area contributed by atoms with Gasteiger partial charge in [0.2, 0.25) is 5.82 Å². The zero-order valence-corrected chi connectivity index (χ0v) is 6.56. The molecule has 0 aliphatic carbocycles. The van der Waals surface area contributed by atoms with Crippen LogP contribution in [0.1, 0.15) is 5.82 Å². The molecule has 74 valence electrons. The number of nitrogens with one attached hydrogen (secondary N) is 1. The highest BCUT2D eigenvalue weighted by Gasteiger charge is 2.34. The van der Waals surface area contributed by atoms with Gasteiger partial charge in [0.05, 0.1) is 11.7 Å². The van der Waals surface area contributed by atoms with Gasteiger partial charge in [-0.05, 0) is 0 Å². The summed E-state index contributed by atoms with van der Waals surface area (Å²) in [6.45, 7) is 0. The molecule has 0 saturated heterocycles. The number of hydrogen-bond acceptors (Lipinski definition) is 2. The Balaban J connectivity index is 2.63. The highest BCUT2D eigenvalue weighted by molar-refractivity contribution is 5.70. The van der Waals surface area contributed by atoms with Gasteiger partial charge in [-0.3, -0.25) is 0 Å². The Morgan fingerprint density at radius 1 is 1.29 bits per heavy atom. The molecule has 2 heterocycles. The molecule has 14 heavy (non-hydrogen) atoms. The summed E-state index contributed by atoms with van der Waals surface area (Å²) in [6.07, 6.45) is -3.76. The first-order valence-corrected chi connectivity index (χ1v) is 3.55. The van der Waals surface area contributed by atoms with Crippen LogP contribution in [0.3, 0.4) is 0 Å². The molecule has 0 aliphatic rings. The van der Waals surface area contributed by atoms with E-state index in [1.165, 1.54) is 0 Å². The fraction of sp³-hybridized carbons (Fsp3) is 0.143. The van der Waals surface area contributed by atoms with Crippen molar-refractivity contribution in [3.05, 3.63) is 23.9 Å². The van der Waals surface area contributed by atoms with E-state index in [1.54, 1.807) is 0 Å². The maximum Gasteiger partial charge on any atom is 0.449 e. The lowest BCUT2D eigenvalue weighted by atomic mass is 10.4. The molecule has 2 aromatic heterocycles. The van der Waals surface area contributed by atoms with Crippen LogP contribution in [0.4, 0.5) is 17.6 Å². The fourth-order valence-electron chi connectivity index (χ4n) is 1.01. The van der Waals surface area contributed by atoms with Crippen molar-refractivity contribution in [1.29, 1.82) is 0 Å². The topological polar surface area (TPSA) is 41.6 Å². The molecule has 0 radical (unpaired) electrons. The molecular weight excluding hydrogens is 202 g/mol. The molecule has 0 spiro atoms. The van der Waals surface area contributed by atoms with Crippen LogP contribution in [0.5, 0.6) is 0 Å². The number of hydrogen-bond donors (Lipinski definition) is 1. The Bertz CT molecular complexity index is 473. The second-order valence-electron chi connectivity index (χ2n) is 2.61. The van der Waals surface area contributed by atoms with Crippen molar-refractivity contribution in [3.8, 4) is 0 Å². The number of nitrogens with zero attached hydrogens (tertiary/aromatic N) is 2. The van der Waals surface area contributed by atoms with E-state index < -0.39 is 17.8 Å². The maximum atomic E-state index is 12.6. The Morgan fingerprint density at radius 3 is 2.64 bits per heavy atom. The van der Waals surface area contributed by atoms with Crippen LogP contribution in [0, 0.1) is 5.82 Å². The van der Waals surface area contributed by atoms with Crippen molar-refractivity contribution < 1.29 is 17.6 Å². The fourth-order valence-corrected chi connectivity index (χ4v) is 1.01. The normalized spacial score (nSPS) is 12.3. The summed E-state index contributed by atoms with van der Waals surface area (Å²) in [4.78, 5) is 8.50. The summed E-state index contributed by atoms with van der Waals surface area (Å²) in [5, 5.41) is 0. The van der Waals surface area contributed by atoms with E-state index in [-0.39, 0.29) is 11.2 Å². The van der Waals surface area contributed by atoms with E-state index in [0.29, 0.717) is 0 Å². The Morgan fingerprint density at radius 2 is 2.00 bits per heavy atom. The summed E-state index contributed by atoms with van der Waals surface area (Å²) < 4.78 is 48.9. The third-order valence-corrected chi connectivity index (χ3v) is 1.57. The summed E-state index contributed by atoms with van der Waals surface area (Å²) in [7, 11) is 0. The number of imidazole rings is 1. The third kappa shape index (κ3) is 1.40. The van der Waals surface area contributed by atoms with E-state index in [0.717, 1.165) is 12.3 Å². The highest BCUT2D eigenvalue weighted by atomic mass is 19.4. The molecule has 2 rings (SSSR count). The van der Waals surface area contributed by atoms with Gasteiger partial charge in [0.25, 0.3) is 0 Å². The first kappa shape index (κ1) is 8.92. The monoisotopic (exact) mass is 205 g/mol. The molecule has 0 unspecified atom stereocenters. The summed E-state index contributed by atoms with van der Waals surface area (Å²) in [5.74, 6) is -1.89. The van der Waals surface area contributed by atoms with Crippen LogP contribution in [0.15, 0.2) is 12.3 Å². The molecule has 0 saturated carbocycles. The number of halogens is 4. The van der Waals surface area contributed by atoms with Crippen molar-refractivity contribution in [2.24, 2.45) is 0 Å². The summed E-state index contributed by atoms with van der Waals surface area (Å²) >= 11 is 0. The van der Waals surface area contributed by atoms with E-state index in [2.05, 4.69) is 9.97 Å². The van der Waals surface area contributed by atoms with Crippen LogP contribution in [0.2, 0.25) is 0 Å². The van der Waals surface area contributed by atoms with Gasteiger partial charge in [0, 0.05) is 6.07 Å². The SMILES string of the molecule is Fc1cnc2nc(C(F)(F)F)[nH]c2c1. The van der Waals surface area contributed by atoms with Gasteiger partial charge >= 0.3 is 6.18 Å². The number of H-pyrrole nitrogens is 1. The van der Waals surface area contributed by atoms with E-state index in [9.17, 15) is 17.6 Å². The highest BCUT2D eigenvalue weighted by Crippen LogP contribution is 2.27. The average Bonchev–Trinajstić information content (AvgIpc) is 2.45. The number of fused-ring (bicyclic) bond motifs is 1. The van der Waals surface area contributed by atoms with Crippen LogP contribution in [-0.2, 0) is 6.18 Å². The van der Waals surface area contributed by atoms with Crippen molar-refractivity contribution in [1.82, 2.24) is 15.0 Å². The number of rotatable bonds is 0. The first-order valence-electron chi connectivity index (χ1n) is 3.55. The molecule has 0 aromatic carbocycles. The molecule has 0 bridgehead atoms. The second-order valence-corrected chi connectivity index (χ2v) is 2.61. The predicted molar refractivity (Wildman–Crippen MR) is 38.8 cm³/mol. The summed E-state index contributed by atoms with van der Waals surface area (Å²) in [6, 6.07) is 0.907. The van der Waals surface area contributed by atoms with Gasteiger partial charge in [-0.25, -0.2) is 14.4 Å². The molecule has 2 aromatic rings. The number of aromatic nitrogens is 3. The quantitative estimate of drug-likeness (QED) is 0.669. The minimum atomic E-state index is -4.57. The van der Waals surface area contributed by atoms with Crippen molar-refractivity contribution in [3.63, 3.8) is 0 Å². The molecule has 3 nitrogen and oxygen atoms in total. The molecule has 0 fully saturated rings. The minimum absolute atomic E-state index is 0.0719. The molecule has 7 heteroatoms. The van der Waals surface area contributed by atoms with Crippen LogP contribution >= 0.6 is 0 Å². The van der Waals surface area contributed by atoms with Gasteiger partial charge < -0.3 is 4.98 Å². The molecule has 1 N–H and O–H groups in total. The van der Waals surface area contributed by atoms with Crippen LogP contribution in [0.25, 0.3) is 11.2 Å². The van der Waals surface area contributed by atoms with Crippen molar-refractivity contribution in [2.75, 3.05) is 0 Å². The van der Waals surface area contributed by atoms with Gasteiger partial charge in [-0.15, -0.1) is 0 Å². The Labute approximate surface area is 74.8 Å². The van der Waals surface area contributed by atoms with Crippen LogP contribution in [-0.4, -0.2) is 15.0 Å². The van der Waals surface area contributed by atoms with Gasteiger partial charge in [-0.2, -0.15) is 13.2 Å². The Kier molecular flexibility index (Phi) is 1.70. The number of aromatic amines is 1. The minimum Gasteiger partial charge on any atom is -0.333 e. The zero-order valence-electron chi connectivity index (χ0n) is 6.56. The van der Waals surface area contributed by atoms with E-state index in [4.69, 9.17) is 0 Å². The largest absolute Gasteiger partial charge is 0.449 e. The van der Waals surface area contributed by atoms with E-state index in [1.807, 2.05) is 4.98 Å². The smallest absolute Gasteiger partial charge is 0.333 e. The molecule has 0 amide bonds. The second kappa shape index (κ2) is 2.66. The van der Waals surface area contributed by atoms with Crippen molar-refractivity contribution in [2.45, 2.75) is 6.18 Å². The third-order valence-electron chi connectivity index (χ3n) is 1.57. The van der Waals surface area contributed by atoms with Crippen molar-refractivity contribution >= 4 is 11.2 Å². The maximum absolute atomic E-state index is 12.6. The van der Waals surface area contributed by atoms with Gasteiger partial charge in [0.15, 0.2) is 5.65 Å².